The van der Waals surface area contributed by atoms with Gasteiger partial charge in [0.25, 0.3) is 5.24 Å². The molecule has 1 aromatic carbocycles. The molecule has 0 atom stereocenters. The van der Waals surface area contributed by atoms with E-state index >= 15 is 0 Å². The summed E-state index contributed by atoms with van der Waals surface area (Å²) in [7, 11) is -3.51. The molecule has 0 unspecified atom stereocenters. The van der Waals surface area contributed by atoms with Crippen LogP contribution in [0.3, 0.4) is 0 Å². The first kappa shape index (κ1) is 14.8. The molecule has 5 nitrogen and oxygen atoms in total. The lowest BCUT2D eigenvalue weighted by Crippen LogP contribution is -2.18. The Hall–Kier alpha value is -1.21. The van der Waals surface area contributed by atoms with E-state index in [9.17, 15) is 13.2 Å². The highest BCUT2D eigenvalue weighted by Crippen LogP contribution is 2.22. The lowest BCUT2D eigenvalue weighted by atomic mass is 10.3. The summed E-state index contributed by atoms with van der Waals surface area (Å²) in [6.45, 7) is 2.61. The number of rotatable bonds is 5. The topological polar surface area (TPSA) is 72.5 Å². The lowest BCUT2D eigenvalue weighted by molar-refractivity contribution is 0.260. The number of amides is 1. The molecule has 0 fully saturated rings. The van der Waals surface area contributed by atoms with Crippen LogP contribution in [0.1, 0.15) is 13.3 Å². The van der Waals surface area contributed by atoms with Gasteiger partial charge in [0.1, 0.15) is 5.75 Å². The van der Waals surface area contributed by atoms with E-state index in [1.165, 1.54) is 12.1 Å². The third kappa shape index (κ3) is 5.92. The van der Waals surface area contributed by atoms with Crippen LogP contribution in [0.2, 0.25) is 0 Å². The van der Waals surface area contributed by atoms with Gasteiger partial charge in [0.05, 0.1) is 6.26 Å². The van der Waals surface area contributed by atoms with E-state index in [0.717, 1.165) is 29.3 Å². The van der Waals surface area contributed by atoms with E-state index in [2.05, 4.69) is 9.50 Å². The Bertz CT molecular complexity index is 496. The molecule has 18 heavy (non-hydrogen) atoms. The van der Waals surface area contributed by atoms with Crippen LogP contribution >= 0.6 is 11.8 Å². The first-order chi connectivity index (χ1) is 8.40. The zero-order valence-electron chi connectivity index (χ0n) is 10.2. The maximum Gasteiger partial charge on any atom is 0.306 e. The van der Waals surface area contributed by atoms with Gasteiger partial charge in [-0.05, 0) is 42.4 Å². The number of benzene rings is 1. The largest absolute Gasteiger partial charge is 0.383 e. The van der Waals surface area contributed by atoms with Crippen molar-refractivity contribution in [2.75, 3.05) is 12.8 Å². The fourth-order valence-electron chi connectivity index (χ4n) is 1.11. The van der Waals surface area contributed by atoms with E-state index in [-0.39, 0.29) is 11.0 Å². The molecule has 100 valence electrons. The van der Waals surface area contributed by atoms with Crippen molar-refractivity contribution in [2.45, 2.75) is 18.2 Å². The molecule has 0 heterocycles. The number of carbonyl (C=O) groups is 1. The van der Waals surface area contributed by atoms with Gasteiger partial charge in [-0.1, -0.05) is 6.92 Å². The van der Waals surface area contributed by atoms with Crippen LogP contribution in [0.5, 0.6) is 5.75 Å². The second-order valence-corrected chi connectivity index (χ2v) is 6.20. The van der Waals surface area contributed by atoms with Gasteiger partial charge in [0, 0.05) is 11.4 Å². The van der Waals surface area contributed by atoms with Crippen molar-refractivity contribution < 1.29 is 17.4 Å². The number of hydrogen-bond acceptors (Lipinski definition) is 5. The van der Waals surface area contributed by atoms with Crippen molar-refractivity contribution in [1.29, 1.82) is 0 Å². The van der Waals surface area contributed by atoms with E-state index in [1.54, 1.807) is 12.1 Å². The first-order valence-corrected chi connectivity index (χ1v) is 7.99. The first-order valence-electron chi connectivity index (χ1n) is 5.36. The maximum atomic E-state index is 11.4. The van der Waals surface area contributed by atoms with Gasteiger partial charge in [0.15, 0.2) is 0 Å². The monoisotopic (exact) mass is 289 g/mol. The van der Waals surface area contributed by atoms with Crippen LogP contribution in [-0.4, -0.2) is 26.5 Å². The van der Waals surface area contributed by atoms with Crippen LogP contribution in [0.15, 0.2) is 29.2 Å². The summed E-state index contributed by atoms with van der Waals surface area (Å²) in [6, 6.07) is 6.29. The highest BCUT2D eigenvalue weighted by Gasteiger charge is 2.06. The molecule has 1 amide bonds. The second kappa shape index (κ2) is 6.65. The number of nitrogens with one attached hydrogen (secondary N) is 1. The highest BCUT2D eigenvalue weighted by molar-refractivity contribution is 8.13. The molecule has 0 saturated heterocycles. The molecule has 1 N–H and O–H groups in total. The average molecular weight is 289 g/mol. The fourth-order valence-corrected chi connectivity index (χ4v) is 2.23. The van der Waals surface area contributed by atoms with Crippen LogP contribution in [0.4, 0.5) is 4.79 Å². The quantitative estimate of drug-likeness (QED) is 0.665. The fraction of sp³-hybridized carbons (Fsp3) is 0.364. The molecule has 0 bridgehead atoms. The molecule has 0 saturated carbocycles. The Morgan fingerprint density at radius 2 is 1.94 bits per heavy atom. The van der Waals surface area contributed by atoms with Crippen LogP contribution < -0.4 is 9.50 Å². The molecule has 0 aliphatic rings. The van der Waals surface area contributed by atoms with E-state index in [1.807, 2.05) is 6.92 Å². The molecule has 1 rings (SSSR count). The molecule has 0 aliphatic carbocycles. The van der Waals surface area contributed by atoms with Crippen molar-refractivity contribution in [3.05, 3.63) is 24.3 Å². The Kier molecular flexibility index (Phi) is 5.49. The smallest absolute Gasteiger partial charge is 0.306 e. The number of thioether (sulfide) groups is 1. The lowest BCUT2D eigenvalue weighted by Gasteiger charge is -2.05. The molecule has 0 spiro atoms. The van der Waals surface area contributed by atoms with Crippen molar-refractivity contribution >= 4 is 27.1 Å². The summed E-state index contributed by atoms with van der Waals surface area (Å²) in [5.41, 5.74) is 0. The van der Waals surface area contributed by atoms with E-state index < -0.39 is 10.1 Å². The minimum atomic E-state index is -3.51. The van der Waals surface area contributed by atoms with E-state index in [4.69, 9.17) is 0 Å². The minimum Gasteiger partial charge on any atom is -0.383 e. The zero-order valence-corrected chi connectivity index (χ0v) is 11.8. The molecule has 1 aromatic rings. The Balaban J connectivity index is 2.58. The number of hydrogen-bond donors (Lipinski definition) is 1. The van der Waals surface area contributed by atoms with Gasteiger partial charge < -0.3 is 9.50 Å². The van der Waals surface area contributed by atoms with Gasteiger partial charge in [0.2, 0.25) is 0 Å². The minimum absolute atomic E-state index is 0.131. The van der Waals surface area contributed by atoms with Crippen molar-refractivity contribution in [3.8, 4) is 5.75 Å². The molecule has 0 aromatic heterocycles. The summed E-state index contributed by atoms with van der Waals surface area (Å²) in [5.74, 6) is 0.232. The van der Waals surface area contributed by atoms with Gasteiger partial charge in [-0.15, -0.1) is 0 Å². The average Bonchev–Trinajstić information content (AvgIpc) is 2.27. The van der Waals surface area contributed by atoms with Gasteiger partial charge in [-0.3, -0.25) is 4.79 Å². The number of carbonyl (C=O) groups excluding carboxylic acids is 1. The summed E-state index contributed by atoms with van der Waals surface area (Å²) >= 11 is 1.06. The van der Waals surface area contributed by atoms with Crippen LogP contribution in [0.25, 0.3) is 0 Å². The summed E-state index contributed by atoms with van der Waals surface area (Å²) in [4.78, 5) is 12.1. The zero-order chi connectivity index (χ0) is 13.6. The van der Waals surface area contributed by atoms with Crippen molar-refractivity contribution in [1.82, 2.24) is 5.32 Å². The highest BCUT2D eigenvalue weighted by atomic mass is 32.2. The third-order valence-electron chi connectivity index (χ3n) is 1.80. The summed E-state index contributed by atoms with van der Waals surface area (Å²) < 4.78 is 26.5. The summed E-state index contributed by atoms with van der Waals surface area (Å²) in [6.07, 6.45) is 1.86. The Labute approximate surface area is 111 Å². The molecule has 7 heteroatoms. The maximum absolute atomic E-state index is 11.4. The normalized spacial score (nSPS) is 11.0. The summed E-state index contributed by atoms with van der Waals surface area (Å²) in [5, 5.41) is 2.60. The van der Waals surface area contributed by atoms with E-state index in [0.29, 0.717) is 6.54 Å². The van der Waals surface area contributed by atoms with Crippen molar-refractivity contribution in [3.63, 3.8) is 0 Å². The van der Waals surface area contributed by atoms with Gasteiger partial charge >= 0.3 is 10.1 Å². The Morgan fingerprint density at radius 3 is 2.44 bits per heavy atom. The third-order valence-corrected chi connectivity index (χ3v) is 3.13. The van der Waals surface area contributed by atoms with Crippen LogP contribution in [0, 0.1) is 0 Å². The molecule has 0 aliphatic heterocycles. The van der Waals surface area contributed by atoms with Gasteiger partial charge in [-0.2, -0.15) is 8.42 Å². The second-order valence-electron chi connectivity index (χ2n) is 3.58. The predicted octanol–water partition coefficient (Wildman–Crippen LogP) is 2.24. The SMILES string of the molecule is CCCNC(=O)Sc1ccc(OS(C)(=O)=O)cc1. The van der Waals surface area contributed by atoms with Gasteiger partial charge in [-0.25, -0.2) is 0 Å². The van der Waals surface area contributed by atoms with Crippen molar-refractivity contribution in [2.24, 2.45) is 0 Å². The standard InChI is InChI=1S/C11H15NO4S2/c1-3-8-12-11(13)17-10-6-4-9(5-7-10)16-18(2,14)15/h4-7H,3,8H2,1-2H3,(H,12,13). The molecule has 0 radical (unpaired) electrons. The molecular weight excluding hydrogens is 274 g/mol. The van der Waals surface area contributed by atoms with Crippen LogP contribution in [-0.2, 0) is 10.1 Å². The molecular formula is C11H15NO4S2. The Morgan fingerprint density at radius 1 is 1.33 bits per heavy atom. The predicted molar refractivity (Wildman–Crippen MR) is 71.5 cm³/mol.